The van der Waals surface area contributed by atoms with Gasteiger partial charge in [-0.3, -0.25) is 14.4 Å². The fourth-order valence-electron chi connectivity index (χ4n) is 1.88. The Bertz CT molecular complexity index is 536. The quantitative estimate of drug-likeness (QED) is 0.742. The fraction of sp³-hybridized carbons (Fsp3) is 0.417. The monoisotopic (exact) mass is 249 g/mol. The lowest BCUT2D eigenvalue weighted by atomic mass is 10.2. The van der Waals surface area contributed by atoms with Crippen molar-refractivity contribution in [2.24, 2.45) is 7.05 Å². The van der Waals surface area contributed by atoms with E-state index in [2.05, 4.69) is 10.6 Å². The van der Waals surface area contributed by atoms with Crippen molar-refractivity contribution in [3.63, 3.8) is 0 Å². The first-order valence-corrected chi connectivity index (χ1v) is 5.79. The highest BCUT2D eigenvalue weighted by Crippen LogP contribution is 2.06. The zero-order valence-corrected chi connectivity index (χ0v) is 10.1. The van der Waals surface area contributed by atoms with E-state index in [0.717, 1.165) is 5.56 Å². The van der Waals surface area contributed by atoms with Crippen LogP contribution in [0.2, 0.25) is 0 Å². The second kappa shape index (κ2) is 5.03. The average Bonchev–Trinajstić information content (AvgIpc) is 2.77. The molecule has 0 aromatic carbocycles. The third-order valence-electron chi connectivity index (χ3n) is 2.93. The van der Waals surface area contributed by atoms with Gasteiger partial charge in [0.2, 0.25) is 17.4 Å². The van der Waals surface area contributed by atoms with Gasteiger partial charge in [-0.2, -0.15) is 0 Å². The molecule has 2 amide bonds. The average molecular weight is 249 g/mol. The van der Waals surface area contributed by atoms with Crippen LogP contribution in [-0.2, 0) is 23.2 Å². The SMILES string of the molecule is Cn1cc(CNC(=O)C2CCC(=O)N2)ccc1=O. The Kier molecular flexibility index (Phi) is 3.45. The molecule has 2 rings (SSSR count). The van der Waals surface area contributed by atoms with E-state index in [4.69, 9.17) is 0 Å². The summed E-state index contributed by atoms with van der Waals surface area (Å²) in [6.45, 7) is 0.347. The van der Waals surface area contributed by atoms with E-state index in [1.807, 2.05) is 0 Å². The molecule has 0 aliphatic carbocycles. The number of hydrogen-bond acceptors (Lipinski definition) is 3. The molecule has 1 aromatic rings. The van der Waals surface area contributed by atoms with E-state index in [9.17, 15) is 14.4 Å². The second-order valence-corrected chi connectivity index (χ2v) is 4.36. The van der Waals surface area contributed by atoms with Crippen LogP contribution in [0.5, 0.6) is 0 Å². The van der Waals surface area contributed by atoms with Crippen LogP contribution in [0.3, 0.4) is 0 Å². The fourth-order valence-corrected chi connectivity index (χ4v) is 1.88. The maximum absolute atomic E-state index is 11.7. The summed E-state index contributed by atoms with van der Waals surface area (Å²) in [7, 11) is 1.66. The van der Waals surface area contributed by atoms with Crippen LogP contribution in [0.15, 0.2) is 23.1 Å². The summed E-state index contributed by atoms with van der Waals surface area (Å²) in [6, 6.07) is 2.71. The molecular weight excluding hydrogens is 234 g/mol. The highest BCUT2D eigenvalue weighted by molar-refractivity contribution is 5.90. The van der Waals surface area contributed by atoms with Gasteiger partial charge in [0, 0.05) is 32.3 Å². The molecule has 1 aromatic heterocycles. The summed E-state index contributed by atoms with van der Waals surface area (Å²) in [6.07, 6.45) is 2.62. The normalized spacial score (nSPS) is 18.5. The van der Waals surface area contributed by atoms with Crippen LogP contribution in [-0.4, -0.2) is 22.4 Å². The summed E-state index contributed by atoms with van der Waals surface area (Å²) in [5.74, 6) is -0.271. The number of pyridine rings is 1. The van der Waals surface area contributed by atoms with Crippen LogP contribution in [0.25, 0.3) is 0 Å². The number of carbonyl (C=O) groups excluding carboxylic acids is 2. The largest absolute Gasteiger partial charge is 0.350 e. The molecule has 6 nitrogen and oxygen atoms in total. The number of nitrogens with zero attached hydrogens (tertiary/aromatic N) is 1. The number of rotatable bonds is 3. The Hall–Kier alpha value is -2.11. The third-order valence-corrected chi connectivity index (χ3v) is 2.93. The van der Waals surface area contributed by atoms with E-state index in [0.29, 0.717) is 19.4 Å². The molecule has 0 spiro atoms. The van der Waals surface area contributed by atoms with Gasteiger partial charge >= 0.3 is 0 Å². The lowest BCUT2D eigenvalue weighted by Gasteiger charge is -2.11. The summed E-state index contributed by atoms with van der Waals surface area (Å²) in [5.41, 5.74) is 0.753. The lowest BCUT2D eigenvalue weighted by Crippen LogP contribution is -2.41. The van der Waals surface area contributed by atoms with Crippen molar-refractivity contribution < 1.29 is 9.59 Å². The molecule has 1 aliphatic rings. The Morgan fingerprint density at radius 3 is 2.89 bits per heavy atom. The van der Waals surface area contributed by atoms with Gasteiger partial charge in [-0.05, 0) is 12.0 Å². The van der Waals surface area contributed by atoms with Crippen molar-refractivity contribution >= 4 is 11.8 Å². The Morgan fingerprint density at radius 2 is 2.28 bits per heavy atom. The molecule has 0 saturated carbocycles. The lowest BCUT2D eigenvalue weighted by molar-refractivity contribution is -0.125. The molecule has 1 fully saturated rings. The summed E-state index contributed by atoms with van der Waals surface area (Å²) in [4.78, 5) is 33.9. The van der Waals surface area contributed by atoms with Crippen molar-refractivity contribution in [1.29, 1.82) is 0 Å². The second-order valence-electron chi connectivity index (χ2n) is 4.36. The van der Waals surface area contributed by atoms with Gasteiger partial charge in [0.05, 0.1) is 0 Å². The number of aromatic nitrogens is 1. The molecular formula is C12H15N3O3. The molecule has 1 unspecified atom stereocenters. The topological polar surface area (TPSA) is 80.2 Å². The van der Waals surface area contributed by atoms with Gasteiger partial charge in [0.1, 0.15) is 6.04 Å². The van der Waals surface area contributed by atoms with Gasteiger partial charge in [-0.25, -0.2) is 0 Å². The highest BCUT2D eigenvalue weighted by atomic mass is 16.2. The molecule has 1 saturated heterocycles. The molecule has 1 atom stereocenters. The molecule has 6 heteroatoms. The predicted molar refractivity (Wildman–Crippen MR) is 64.7 cm³/mol. The first kappa shape index (κ1) is 12.3. The highest BCUT2D eigenvalue weighted by Gasteiger charge is 2.26. The maximum atomic E-state index is 11.7. The minimum absolute atomic E-state index is 0.0859. The van der Waals surface area contributed by atoms with Crippen molar-refractivity contribution in [2.75, 3.05) is 0 Å². The first-order valence-electron chi connectivity index (χ1n) is 5.79. The van der Waals surface area contributed by atoms with E-state index in [1.54, 1.807) is 19.3 Å². The van der Waals surface area contributed by atoms with Gasteiger partial charge in [-0.15, -0.1) is 0 Å². The Labute approximate surface area is 104 Å². The molecule has 96 valence electrons. The van der Waals surface area contributed by atoms with Crippen LogP contribution in [0.4, 0.5) is 0 Å². The third kappa shape index (κ3) is 2.77. The zero-order valence-electron chi connectivity index (χ0n) is 10.1. The number of nitrogens with one attached hydrogen (secondary N) is 2. The first-order chi connectivity index (χ1) is 8.56. The standard InChI is InChI=1S/C12H15N3O3/c1-15-7-8(2-5-11(15)17)6-13-12(18)9-3-4-10(16)14-9/h2,5,7,9H,3-4,6H2,1H3,(H,13,18)(H,14,16). The van der Waals surface area contributed by atoms with Crippen molar-refractivity contribution in [2.45, 2.75) is 25.4 Å². The van der Waals surface area contributed by atoms with Crippen molar-refractivity contribution in [3.05, 3.63) is 34.2 Å². The molecule has 0 bridgehead atoms. The minimum Gasteiger partial charge on any atom is -0.350 e. The summed E-state index contributed by atoms with van der Waals surface area (Å²) < 4.78 is 1.46. The van der Waals surface area contributed by atoms with Crippen molar-refractivity contribution in [3.8, 4) is 0 Å². The van der Waals surface area contributed by atoms with E-state index in [-0.39, 0.29) is 17.4 Å². The predicted octanol–water partition coefficient (Wildman–Crippen LogP) is -0.720. The number of carbonyl (C=O) groups is 2. The smallest absolute Gasteiger partial charge is 0.250 e. The number of amides is 2. The van der Waals surface area contributed by atoms with Crippen LogP contribution in [0.1, 0.15) is 18.4 Å². The summed E-state index contributed by atoms with van der Waals surface area (Å²) in [5, 5.41) is 5.34. The van der Waals surface area contributed by atoms with Crippen LogP contribution in [0, 0.1) is 0 Å². The van der Waals surface area contributed by atoms with E-state index >= 15 is 0 Å². The van der Waals surface area contributed by atoms with E-state index < -0.39 is 6.04 Å². The van der Waals surface area contributed by atoms with Crippen LogP contribution >= 0.6 is 0 Å². The zero-order chi connectivity index (χ0) is 13.1. The van der Waals surface area contributed by atoms with Crippen molar-refractivity contribution in [1.82, 2.24) is 15.2 Å². The molecule has 1 aliphatic heterocycles. The molecule has 2 heterocycles. The van der Waals surface area contributed by atoms with Gasteiger partial charge in [0.15, 0.2) is 0 Å². The van der Waals surface area contributed by atoms with Gasteiger partial charge in [-0.1, -0.05) is 6.07 Å². The minimum atomic E-state index is -0.426. The Morgan fingerprint density at radius 1 is 1.50 bits per heavy atom. The van der Waals surface area contributed by atoms with Gasteiger partial charge < -0.3 is 15.2 Å². The molecule has 18 heavy (non-hydrogen) atoms. The Balaban J connectivity index is 1.91. The van der Waals surface area contributed by atoms with Gasteiger partial charge in [0.25, 0.3) is 0 Å². The maximum Gasteiger partial charge on any atom is 0.250 e. The molecule has 0 radical (unpaired) electrons. The summed E-state index contributed by atoms with van der Waals surface area (Å²) >= 11 is 0. The van der Waals surface area contributed by atoms with Crippen LogP contribution < -0.4 is 16.2 Å². The van der Waals surface area contributed by atoms with E-state index in [1.165, 1.54) is 10.6 Å². The number of hydrogen-bond donors (Lipinski definition) is 2. The molecule has 2 N–H and O–H groups in total. The number of aryl methyl sites for hydroxylation is 1.